The summed E-state index contributed by atoms with van der Waals surface area (Å²) in [5.41, 5.74) is 1.98. The molecule has 0 fully saturated rings. The predicted molar refractivity (Wildman–Crippen MR) is 66.5 cm³/mol. The Morgan fingerprint density at radius 2 is 2.00 bits per heavy atom. The number of nitrogens with zero attached hydrogens (tertiary/aromatic N) is 3. The molecule has 0 bridgehead atoms. The van der Waals surface area contributed by atoms with Crippen molar-refractivity contribution in [2.24, 2.45) is 5.18 Å². The largest absolute Gasteiger partial charge is 0.316 e. The molecule has 0 saturated heterocycles. The van der Waals surface area contributed by atoms with Crippen LogP contribution >= 0.6 is 0 Å². The Balaban J connectivity index is 2.23. The van der Waals surface area contributed by atoms with E-state index in [1.807, 2.05) is 47.2 Å². The first-order chi connectivity index (χ1) is 8.38. The number of hydrogen-bond donors (Lipinski definition) is 0. The Bertz CT molecular complexity index is 688. The summed E-state index contributed by atoms with van der Waals surface area (Å²) in [6, 6.07) is 13.6. The summed E-state index contributed by atoms with van der Waals surface area (Å²) in [4.78, 5) is 14.3. The number of para-hydroxylation sites is 1. The van der Waals surface area contributed by atoms with Crippen LogP contribution in [-0.4, -0.2) is 9.55 Å². The van der Waals surface area contributed by atoms with Crippen molar-refractivity contribution in [3.63, 3.8) is 0 Å². The fraction of sp³-hybridized carbons (Fsp3) is 0. The van der Waals surface area contributed by atoms with E-state index in [1.165, 1.54) is 0 Å². The molecule has 0 radical (unpaired) electrons. The van der Waals surface area contributed by atoms with Gasteiger partial charge < -0.3 is 4.57 Å². The van der Waals surface area contributed by atoms with Crippen LogP contribution in [0.3, 0.4) is 0 Å². The van der Waals surface area contributed by atoms with E-state index in [2.05, 4.69) is 10.2 Å². The van der Waals surface area contributed by atoms with Crippen LogP contribution in [0.15, 0.2) is 60.0 Å². The molecule has 0 unspecified atom stereocenters. The van der Waals surface area contributed by atoms with Crippen molar-refractivity contribution in [1.29, 1.82) is 0 Å². The van der Waals surface area contributed by atoms with Gasteiger partial charge in [-0.1, -0.05) is 18.2 Å². The molecule has 1 aromatic carbocycles. The molecule has 0 amide bonds. The van der Waals surface area contributed by atoms with E-state index in [-0.39, 0.29) is 5.82 Å². The maximum absolute atomic E-state index is 10.5. The molecule has 0 spiro atoms. The summed E-state index contributed by atoms with van der Waals surface area (Å²) < 4.78 is 2.01. The molecule has 0 saturated carbocycles. The lowest BCUT2D eigenvalue weighted by Gasteiger charge is -2.04. The molecule has 82 valence electrons. The number of benzene rings is 1. The topological polar surface area (TPSA) is 47.2 Å². The monoisotopic (exact) mass is 223 g/mol. The number of fused-ring (bicyclic) bond motifs is 1. The quantitative estimate of drug-likeness (QED) is 0.625. The molecule has 0 aliphatic rings. The normalized spacial score (nSPS) is 10.6. The zero-order valence-electron chi connectivity index (χ0n) is 8.95. The number of hydrogen-bond acceptors (Lipinski definition) is 3. The Kier molecular flexibility index (Phi) is 2.19. The first kappa shape index (κ1) is 9.72. The van der Waals surface area contributed by atoms with Crippen LogP contribution in [0.1, 0.15) is 0 Å². The average Bonchev–Trinajstić information content (AvgIpc) is 2.82. The molecule has 17 heavy (non-hydrogen) atoms. The van der Waals surface area contributed by atoms with Gasteiger partial charge in [-0.05, 0) is 28.8 Å². The highest BCUT2D eigenvalue weighted by molar-refractivity contribution is 5.81. The van der Waals surface area contributed by atoms with Gasteiger partial charge in [-0.25, -0.2) is 4.98 Å². The highest BCUT2D eigenvalue weighted by Crippen LogP contribution is 2.21. The third kappa shape index (κ3) is 1.59. The zero-order chi connectivity index (χ0) is 11.7. The molecular formula is C13H9N3O. The van der Waals surface area contributed by atoms with E-state index in [4.69, 9.17) is 0 Å². The van der Waals surface area contributed by atoms with Crippen molar-refractivity contribution in [1.82, 2.24) is 9.55 Å². The van der Waals surface area contributed by atoms with Crippen LogP contribution in [0, 0.1) is 4.91 Å². The second-order valence-corrected chi connectivity index (χ2v) is 3.71. The van der Waals surface area contributed by atoms with Gasteiger partial charge in [-0.3, -0.25) is 0 Å². The highest BCUT2D eigenvalue weighted by Gasteiger charge is 2.03. The maximum Gasteiger partial charge on any atom is 0.198 e. The van der Waals surface area contributed by atoms with Crippen LogP contribution in [-0.2, 0) is 0 Å². The second kappa shape index (κ2) is 3.83. The fourth-order valence-electron chi connectivity index (χ4n) is 1.92. The van der Waals surface area contributed by atoms with E-state index in [0.717, 1.165) is 16.6 Å². The molecule has 2 aromatic heterocycles. The molecule has 3 rings (SSSR count). The average molecular weight is 223 g/mol. The summed E-state index contributed by atoms with van der Waals surface area (Å²) in [7, 11) is 0. The van der Waals surface area contributed by atoms with Gasteiger partial charge in [0.1, 0.15) is 0 Å². The van der Waals surface area contributed by atoms with Gasteiger partial charge in [0.2, 0.25) is 0 Å². The maximum atomic E-state index is 10.5. The molecule has 0 N–H and O–H groups in total. The van der Waals surface area contributed by atoms with E-state index in [0.29, 0.717) is 0 Å². The van der Waals surface area contributed by atoms with E-state index >= 15 is 0 Å². The number of pyridine rings is 1. The minimum Gasteiger partial charge on any atom is -0.316 e. The fourth-order valence-corrected chi connectivity index (χ4v) is 1.92. The van der Waals surface area contributed by atoms with Crippen molar-refractivity contribution < 1.29 is 0 Å². The lowest BCUT2D eigenvalue weighted by Crippen LogP contribution is -1.91. The van der Waals surface area contributed by atoms with Gasteiger partial charge in [-0.2, -0.15) is 0 Å². The molecule has 0 atom stereocenters. The Hall–Kier alpha value is -2.49. The van der Waals surface area contributed by atoms with Crippen molar-refractivity contribution in [3.8, 4) is 5.69 Å². The van der Waals surface area contributed by atoms with Crippen molar-refractivity contribution in [2.75, 3.05) is 0 Å². The predicted octanol–water partition coefficient (Wildman–Crippen LogP) is 3.42. The molecule has 4 nitrogen and oxygen atoms in total. The summed E-state index contributed by atoms with van der Waals surface area (Å²) in [6.45, 7) is 0. The molecule has 4 heteroatoms. The summed E-state index contributed by atoms with van der Waals surface area (Å²) in [5.74, 6) is 0.195. The summed E-state index contributed by atoms with van der Waals surface area (Å²) in [6.07, 6.45) is 3.55. The van der Waals surface area contributed by atoms with E-state index < -0.39 is 0 Å². The summed E-state index contributed by atoms with van der Waals surface area (Å²) in [5, 5.41) is 4.00. The SMILES string of the molecule is O=Nc1cc(-n2ccc3ccccc32)ccn1. The van der Waals surface area contributed by atoms with Gasteiger partial charge in [-0.15, -0.1) is 4.91 Å². The van der Waals surface area contributed by atoms with Gasteiger partial charge in [0.05, 0.1) is 11.2 Å². The number of aromatic nitrogens is 2. The number of nitroso groups, excluding NO2 is 1. The van der Waals surface area contributed by atoms with Gasteiger partial charge >= 0.3 is 0 Å². The smallest absolute Gasteiger partial charge is 0.198 e. The Morgan fingerprint density at radius 3 is 2.88 bits per heavy atom. The third-order valence-electron chi connectivity index (χ3n) is 2.70. The first-order valence-corrected chi connectivity index (χ1v) is 5.24. The van der Waals surface area contributed by atoms with Crippen LogP contribution in [0.5, 0.6) is 0 Å². The number of rotatable bonds is 2. The Labute approximate surface area is 97.5 Å². The lowest BCUT2D eigenvalue weighted by molar-refractivity contribution is 1.11. The third-order valence-corrected chi connectivity index (χ3v) is 2.70. The van der Waals surface area contributed by atoms with Crippen molar-refractivity contribution in [3.05, 3.63) is 59.8 Å². The second-order valence-electron chi connectivity index (χ2n) is 3.71. The van der Waals surface area contributed by atoms with Gasteiger partial charge in [0, 0.05) is 18.5 Å². The van der Waals surface area contributed by atoms with Crippen LogP contribution < -0.4 is 0 Å². The van der Waals surface area contributed by atoms with E-state index in [1.54, 1.807) is 12.3 Å². The highest BCUT2D eigenvalue weighted by atomic mass is 16.3. The van der Waals surface area contributed by atoms with E-state index in [9.17, 15) is 4.91 Å². The summed E-state index contributed by atoms with van der Waals surface area (Å²) >= 11 is 0. The Morgan fingerprint density at radius 1 is 1.12 bits per heavy atom. The molecule has 2 heterocycles. The zero-order valence-corrected chi connectivity index (χ0v) is 8.95. The molecule has 3 aromatic rings. The first-order valence-electron chi connectivity index (χ1n) is 5.24. The van der Waals surface area contributed by atoms with Crippen LogP contribution in [0.25, 0.3) is 16.6 Å². The minimum atomic E-state index is 0.195. The molecule has 0 aliphatic heterocycles. The van der Waals surface area contributed by atoms with Gasteiger partial charge in [0.25, 0.3) is 0 Å². The van der Waals surface area contributed by atoms with Crippen LogP contribution in [0.2, 0.25) is 0 Å². The van der Waals surface area contributed by atoms with Crippen LogP contribution in [0.4, 0.5) is 5.82 Å². The van der Waals surface area contributed by atoms with Crippen molar-refractivity contribution >= 4 is 16.7 Å². The minimum absolute atomic E-state index is 0.195. The van der Waals surface area contributed by atoms with Crippen molar-refractivity contribution in [2.45, 2.75) is 0 Å². The lowest BCUT2D eigenvalue weighted by atomic mass is 10.2. The standard InChI is InChI=1S/C13H9N3O/c17-15-13-9-11(5-7-14-13)16-8-6-10-3-1-2-4-12(10)16/h1-9H. The molecular weight excluding hydrogens is 214 g/mol. The molecule has 0 aliphatic carbocycles. The van der Waals surface area contributed by atoms with Gasteiger partial charge in [0.15, 0.2) is 5.82 Å².